The van der Waals surface area contributed by atoms with Crippen LogP contribution >= 0.6 is 11.8 Å². The van der Waals surface area contributed by atoms with E-state index in [0.717, 1.165) is 12.3 Å². The van der Waals surface area contributed by atoms with Gasteiger partial charge in [0, 0.05) is 17.9 Å². The number of nitrogens with zero attached hydrogens (tertiary/aromatic N) is 1. The van der Waals surface area contributed by atoms with E-state index >= 15 is 0 Å². The number of aromatic nitrogens is 2. The monoisotopic (exact) mass is 226 g/mol. The Bertz CT molecular complexity index is 386. The molecule has 1 atom stereocenters. The highest BCUT2D eigenvalue weighted by molar-refractivity contribution is 7.99. The average molecular weight is 226 g/mol. The maximum absolute atomic E-state index is 11.1. The summed E-state index contributed by atoms with van der Waals surface area (Å²) in [5, 5.41) is 3.99. The standard InChI is InChI=1S/C9H14N4OS/c10-7-4-8(14)13-9(12-7)15-5-6-2-1-3-11-6/h4,6,11H,1-3,5H2,(H3,10,12,13,14)/t6-/m0/s1. The molecule has 0 aromatic carbocycles. The van der Waals surface area contributed by atoms with Crippen LogP contribution in [0.25, 0.3) is 0 Å². The van der Waals surface area contributed by atoms with Gasteiger partial charge < -0.3 is 16.0 Å². The second-order valence-electron chi connectivity index (χ2n) is 3.58. The predicted octanol–water partition coefficient (Wildman–Crippen LogP) is 0.196. The number of anilines is 1. The maximum atomic E-state index is 11.1. The minimum absolute atomic E-state index is 0.190. The van der Waals surface area contributed by atoms with Gasteiger partial charge in [0.05, 0.1) is 0 Å². The Balaban J connectivity index is 1.95. The number of nitrogens with one attached hydrogen (secondary N) is 2. The van der Waals surface area contributed by atoms with Gasteiger partial charge >= 0.3 is 0 Å². The average Bonchev–Trinajstić information content (AvgIpc) is 2.65. The fourth-order valence-corrected chi connectivity index (χ4v) is 2.59. The van der Waals surface area contributed by atoms with Gasteiger partial charge in [-0.1, -0.05) is 11.8 Å². The summed E-state index contributed by atoms with van der Waals surface area (Å²) in [5.41, 5.74) is 5.29. The van der Waals surface area contributed by atoms with Crippen LogP contribution in [0.2, 0.25) is 0 Å². The zero-order valence-electron chi connectivity index (χ0n) is 8.32. The van der Waals surface area contributed by atoms with Crippen LogP contribution in [0.1, 0.15) is 12.8 Å². The Kier molecular flexibility index (Phi) is 3.27. The van der Waals surface area contributed by atoms with E-state index in [2.05, 4.69) is 15.3 Å². The lowest BCUT2D eigenvalue weighted by Crippen LogP contribution is -2.24. The SMILES string of the molecule is Nc1cc(=O)[nH]c(SC[C@@H]2CCCN2)n1. The van der Waals surface area contributed by atoms with E-state index in [9.17, 15) is 4.79 Å². The summed E-state index contributed by atoms with van der Waals surface area (Å²) < 4.78 is 0. The zero-order valence-corrected chi connectivity index (χ0v) is 9.14. The summed E-state index contributed by atoms with van der Waals surface area (Å²) in [5.74, 6) is 1.20. The molecule has 1 aromatic rings. The number of H-pyrrole nitrogens is 1. The van der Waals surface area contributed by atoms with Gasteiger partial charge in [-0.05, 0) is 19.4 Å². The Labute approximate surface area is 91.9 Å². The van der Waals surface area contributed by atoms with Crippen LogP contribution in [-0.4, -0.2) is 28.3 Å². The van der Waals surface area contributed by atoms with Crippen molar-refractivity contribution in [3.05, 3.63) is 16.4 Å². The van der Waals surface area contributed by atoms with Crippen molar-refractivity contribution in [1.29, 1.82) is 0 Å². The summed E-state index contributed by atoms with van der Waals surface area (Å²) in [6, 6.07) is 1.82. The van der Waals surface area contributed by atoms with Gasteiger partial charge in [0.2, 0.25) is 0 Å². The Morgan fingerprint density at radius 1 is 1.67 bits per heavy atom. The van der Waals surface area contributed by atoms with Crippen molar-refractivity contribution in [2.45, 2.75) is 24.0 Å². The Morgan fingerprint density at radius 2 is 2.53 bits per heavy atom. The molecule has 5 nitrogen and oxygen atoms in total. The van der Waals surface area contributed by atoms with Gasteiger partial charge in [0.1, 0.15) is 5.82 Å². The van der Waals surface area contributed by atoms with Gasteiger partial charge in [-0.15, -0.1) is 0 Å². The quantitative estimate of drug-likeness (QED) is 0.506. The Hall–Kier alpha value is -1.01. The highest BCUT2D eigenvalue weighted by atomic mass is 32.2. The van der Waals surface area contributed by atoms with E-state index in [0.29, 0.717) is 11.2 Å². The molecule has 1 aliphatic heterocycles. The summed E-state index contributed by atoms with van der Waals surface area (Å²) in [7, 11) is 0. The van der Waals surface area contributed by atoms with Crippen LogP contribution in [0, 0.1) is 0 Å². The molecule has 15 heavy (non-hydrogen) atoms. The minimum Gasteiger partial charge on any atom is -0.383 e. The van der Waals surface area contributed by atoms with Crippen LogP contribution in [0.3, 0.4) is 0 Å². The van der Waals surface area contributed by atoms with Crippen molar-refractivity contribution in [2.75, 3.05) is 18.0 Å². The maximum Gasteiger partial charge on any atom is 0.253 e. The van der Waals surface area contributed by atoms with E-state index in [1.807, 2.05) is 0 Å². The third kappa shape index (κ3) is 2.97. The van der Waals surface area contributed by atoms with Gasteiger partial charge in [0.25, 0.3) is 5.56 Å². The molecular formula is C9H14N4OS. The van der Waals surface area contributed by atoms with Crippen molar-refractivity contribution < 1.29 is 0 Å². The van der Waals surface area contributed by atoms with E-state index < -0.39 is 0 Å². The molecule has 1 fully saturated rings. The number of nitrogens with two attached hydrogens (primary N) is 1. The first-order valence-electron chi connectivity index (χ1n) is 4.97. The van der Waals surface area contributed by atoms with Gasteiger partial charge in [-0.3, -0.25) is 4.79 Å². The van der Waals surface area contributed by atoms with Gasteiger partial charge in [-0.2, -0.15) is 0 Å². The summed E-state index contributed by atoms with van der Waals surface area (Å²) in [6.45, 7) is 1.09. The first kappa shape index (κ1) is 10.5. The van der Waals surface area contributed by atoms with Crippen molar-refractivity contribution in [3.8, 4) is 0 Å². The number of nitrogen functional groups attached to an aromatic ring is 1. The highest BCUT2D eigenvalue weighted by Gasteiger charge is 2.14. The highest BCUT2D eigenvalue weighted by Crippen LogP contribution is 2.17. The Morgan fingerprint density at radius 3 is 3.20 bits per heavy atom. The second-order valence-corrected chi connectivity index (χ2v) is 4.59. The van der Waals surface area contributed by atoms with Crippen molar-refractivity contribution in [3.63, 3.8) is 0 Å². The van der Waals surface area contributed by atoms with Crippen LogP contribution in [0.15, 0.2) is 16.0 Å². The van der Waals surface area contributed by atoms with Crippen LogP contribution < -0.4 is 16.6 Å². The van der Waals surface area contributed by atoms with Crippen LogP contribution in [0.5, 0.6) is 0 Å². The van der Waals surface area contributed by atoms with E-state index in [1.54, 1.807) is 0 Å². The van der Waals surface area contributed by atoms with Crippen LogP contribution in [0.4, 0.5) is 5.82 Å². The van der Waals surface area contributed by atoms with E-state index in [4.69, 9.17) is 5.73 Å². The lowest BCUT2D eigenvalue weighted by Gasteiger charge is -2.08. The first-order valence-corrected chi connectivity index (χ1v) is 5.95. The normalized spacial score (nSPS) is 20.7. The lowest BCUT2D eigenvalue weighted by molar-refractivity contribution is 0.673. The predicted molar refractivity (Wildman–Crippen MR) is 61.0 cm³/mol. The summed E-state index contributed by atoms with van der Waals surface area (Å²) >= 11 is 1.54. The summed E-state index contributed by atoms with van der Waals surface area (Å²) in [6.07, 6.45) is 2.42. The molecule has 0 unspecified atom stereocenters. The third-order valence-corrected chi connectivity index (χ3v) is 3.36. The molecule has 0 radical (unpaired) electrons. The second kappa shape index (κ2) is 4.67. The minimum atomic E-state index is -0.190. The van der Waals surface area contributed by atoms with Crippen LogP contribution in [-0.2, 0) is 0 Å². The molecule has 82 valence electrons. The van der Waals surface area contributed by atoms with E-state index in [-0.39, 0.29) is 11.4 Å². The molecule has 0 spiro atoms. The number of hydrogen-bond acceptors (Lipinski definition) is 5. The molecule has 4 N–H and O–H groups in total. The smallest absolute Gasteiger partial charge is 0.253 e. The molecule has 2 rings (SSSR count). The fourth-order valence-electron chi connectivity index (χ4n) is 1.60. The molecule has 0 saturated carbocycles. The zero-order chi connectivity index (χ0) is 10.7. The molecule has 1 saturated heterocycles. The van der Waals surface area contributed by atoms with Gasteiger partial charge in [-0.25, -0.2) is 4.98 Å². The topological polar surface area (TPSA) is 83.8 Å². The van der Waals surface area contributed by atoms with Crippen molar-refractivity contribution >= 4 is 17.6 Å². The molecule has 0 amide bonds. The number of thioether (sulfide) groups is 1. The molecular weight excluding hydrogens is 212 g/mol. The van der Waals surface area contributed by atoms with E-state index in [1.165, 1.54) is 30.7 Å². The summed E-state index contributed by atoms with van der Waals surface area (Å²) in [4.78, 5) is 17.8. The van der Waals surface area contributed by atoms with Crippen molar-refractivity contribution in [2.24, 2.45) is 0 Å². The fraction of sp³-hybridized carbons (Fsp3) is 0.556. The molecule has 0 aliphatic carbocycles. The molecule has 2 heterocycles. The number of hydrogen-bond donors (Lipinski definition) is 3. The van der Waals surface area contributed by atoms with Crippen molar-refractivity contribution in [1.82, 2.24) is 15.3 Å². The largest absolute Gasteiger partial charge is 0.383 e. The lowest BCUT2D eigenvalue weighted by atomic mass is 10.3. The third-order valence-electron chi connectivity index (χ3n) is 2.32. The van der Waals surface area contributed by atoms with Gasteiger partial charge in [0.15, 0.2) is 5.16 Å². The molecule has 6 heteroatoms. The molecule has 0 bridgehead atoms. The first-order chi connectivity index (χ1) is 7.24. The number of aromatic amines is 1. The molecule has 1 aliphatic rings. The molecule has 1 aromatic heterocycles. The number of rotatable bonds is 3.